The van der Waals surface area contributed by atoms with E-state index in [0.717, 1.165) is 36.7 Å². The summed E-state index contributed by atoms with van der Waals surface area (Å²) in [6.45, 7) is 5.37. The number of pyridine rings is 1. The molecule has 2 aliphatic heterocycles. The monoisotopic (exact) mass is 527 g/mol. The molecule has 6 rings (SSSR count). The SMILES string of the molecule is C=CN(C)/C(COc1nc(N2CC3CCC(C2)N3)c2cnc(-c3cc(O)cc4ccccc34)c(F)c2n1)=N\C. The topological polar surface area (TPSA) is 99.0 Å². The van der Waals surface area contributed by atoms with Crippen molar-refractivity contribution >= 4 is 33.3 Å². The van der Waals surface area contributed by atoms with Gasteiger partial charge in [0.25, 0.3) is 0 Å². The number of ether oxygens (including phenoxy) is 1. The molecule has 0 radical (unpaired) electrons. The molecule has 2 fully saturated rings. The Balaban J connectivity index is 1.49. The van der Waals surface area contributed by atoms with E-state index in [1.165, 1.54) is 6.07 Å². The number of aromatic hydroxyl groups is 1. The Bertz CT molecular complexity index is 1600. The zero-order valence-electron chi connectivity index (χ0n) is 21.9. The molecule has 9 nitrogen and oxygen atoms in total. The van der Waals surface area contributed by atoms with Gasteiger partial charge in [0.2, 0.25) is 0 Å². The number of piperazine rings is 1. The number of nitrogens with one attached hydrogen (secondary N) is 1. The van der Waals surface area contributed by atoms with Crippen molar-refractivity contribution in [3.05, 3.63) is 61.2 Å². The van der Waals surface area contributed by atoms with Crippen molar-refractivity contribution in [2.45, 2.75) is 24.9 Å². The Morgan fingerprint density at radius 1 is 1.23 bits per heavy atom. The average molecular weight is 528 g/mol. The second-order valence-corrected chi connectivity index (χ2v) is 9.99. The third-order valence-electron chi connectivity index (χ3n) is 7.53. The lowest BCUT2D eigenvalue weighted by Gasteiger charge is -2.34. The molecule has 2 unspecified atom stereocenters. The number of fused-ring (bicyclic) bond motifs is 4. The van der Waals surface area contributed by atoms with Crippen LogP contribution in [0.2, 0.25) is 0 Å². The van der Waals surface area contributed by atoms with Gasteiger partial charge in [-0.25, -0.2) is 4.39 Å². The van der Waals surface area contributed by atoms with Crippen molar-refractivity contribution in [2.75, 3.05) is 38.7 Å². The number of halogens is 1. The van der Waals surface area contributed by atoms with E-state index in [4.69, 9.17) is 9.72 Å². The maximum Gasteiger partial charge on any atom is 0.319 e. The van der Waals surface area contributed by atoms with Crippen molar-refractivity contribution in [3.8, 4) is 23.0 Å². The van der Waals surface area contributed by atoms with Crippen LogP contribution in [0.5, 0.6) is 11.8 Å². The molecule has 0 saturated carbocycles. The van der Waals surface area contributed by atoms with Crippen molar-refractivity contribution in [1.29, 1.82) is 0 Å². The van der Waals surface area contributed by atoms with E-state index in [-0.39, 0.29) is 29.6 Å². The molecule has 4 aromatic rings. The van der Waals surface area contributed by atoms with E-state index >= 15 is 4.39 Å². The Morgan fingerprint density at radius 2 is 2.00 bits per heavy atom. The predicted molar refractivity (Wildman–Crippen MR) is 151 cm³/mol. The van der Waals surface area contributed by atoms with Gasteiger partial charge in [-0.15, -0.1) is 0 Å². The molecule has 0 spiro atoms. The summed E-state index contributed by atoms with van der Waals surface area (Å²) in [5.41, 5.74) is 0.707. The minimum absolute atomic E-state index is 0.0337. The van der Waals surface area contributed by atoms with Crippen LogP contribution in [0.3, 0.4) is 0 Å². The lowest BCUT2D eigenvalue weighted by Crippen LogP contribution is -2.51. The van der Waals surface area contributed by atoms with Crippen LogP contribution in [0.1, 0.15) is 12.8 Å². The van der Waals surface area contributed by atoms with Gasteiger partial charge >= 0.3 is 6.01 Å². The van der Waals surface area contributed by atoms with Crippen LogP contribution in [0.15, 0.2) is 60.4 Å². The molecule has 2 bridgehead atoms. The van der Waals surface area contributed by atoms with Crippen molar-refractivity contribution < 1.29 is 14.2 Å². The smallest absolute Gasteiger partial charge is 0.319 e. The summed E-state index contributed by atoms with van der Waals surface area (Å²) >= 11 is 0. The fraction of sp³-hybridized carbons (Fsp3) is 0.310. The van der Waals surface area contributed by atoms with Crippen molar-refractivity contribution in [3.63, 3.8) is 0 Å². The fourth-order valence-corrected chi connectivity index (χ4v) is 5.53. The molecular weight excluding hydrogens is 497 g/mol. The molecule has 39 heavy (non-hydrogen) atoms. The molecule has 4 heterocycles. The molecule has 2 aromatic heterocycles. The highest BCUT2D eigenvalue weighted by Crippen LogP contribution is 2.37. The molecule has 2 aromatic carbocycles. The summed E-state index contributed by atoms with van der Waals surface area (Å²) in [6.07, 6.45) is 5.45. The lowest BCUT2D eigenvalue weighted by molar-refractivity contribution is 0.334. The number of aliphatic imine (C=N–C) groups is 1. The first-order valence-corrected chi connectivity index (χ1v) is 13.0. The van der Waals surface area contributed by atoms with E-state index < -0.39 is 5.82 Å². The summed E-state index contributed by atoms with van der Waals surface area (Å²) in [5.74, 6) is 0.658. The highest BCUT2D eigenvalue weighted by atomic mass is 19.1. The molecule has 2 N–H and O–H groups in total. The van der Waals surface area contributed by atoms with Gasteiger partial charge in [0, 0.05) is 51.0 Å². The number of hydrogen-bond donors (Lipinski definition) is 2. The maximum atomic E-state index is 16.4. The summed E-state index contributed by atoms with van der Waals surface area (Å²) in [4.78, 5) is 22.0. The van der Waals surface area contributed by atoms with E-state index in [9.17, 15) is 5.11 Å². The third kappa shape index (κ3) is 4.61. The number of rotatable bonds is 6. The number of amidine groups is 1. The molecule has 2 aliphatic rings. The van der Waals surface area contributed by atoms with Crippen LogP contribution < -0.4 is 15.0 Å². The van der Waals surface area contributed by atoms with E-state index in [1.54, 1.807) is 30.4 Å². The number of nitrogens with zero attached hydrogens (tertiary/aromatic N) is 6. The van der Waals surface area contributed by atoms with Gasteiger partial charge in [0.05, 0.1) is 5.39 Å². The average Bonchev–Trinajstić information content (AvgIpc) is 3.29. The molecule has 2 atom stereocenters. The normalized spacial score (nSPS) is 19.1. The number of aromatic nitrogens is 3. The van der Waals surface area contributed by atoms with Gasteiger partial charge in [-0.3, -0.25) is 9.98 Å². The number of benzene rings is 2. The summed E-state index contributed by atoms with van der Waals surface area (Å²) in [6, 6.07) is 11.4. The zero-order chi connectivity index (χ0) is 27.1. The van der Waals surface area contributed by atoms with E-state index in [0.29, 0.717) is 34.7 Å². The van der Waals surface area contributed by atoms with Crippen molar-refractivity contribution in [2.24, 2.45) is 4.99 Å². The number of phenols is 1. The zero-order valence-corrected chi connectivity index (χ0v) is 21.9. The largest absolute Gasteiger partial charge is 0.508 e. The first kappa shape index (κ1) is 25.0. The van der Waals surface area contributed by atoms with Crippen LogP contribution >= 0.6 is 0 Å². The highest BCUT2D eigenvalue weighted by molar-refractivity contribution is 6.00. The Kier molecular flexibility index (Phi) is 6.48. The molecule has 0 amide bonds. The summed E-state index contributed by atoms with van der Waals surface area (Å²) in [7, 11) is 3.48. The minimum atomic E-state index is -0.595. The predicted octanol–water partition coefficient (Wildman–Crippen LogP) is 4.11. The fourth-order valence-electron chi connectivity index (χ4n) is 5.53. The van der Waals surface area contributed by atoms with Gasteiger partial charge in [-0.2, -0.15) is 9.97 Å². The van der Waals surface area contributed by atoms with Gasteiger partial charge in [-0.1, -0.05) is 30.8 Å². The lowest BCUT2D eigenvalue weighted by atomic mass is 10.0. The number of anilines is 1. The number of hydrogen-bond acceptors (Lipinski definition) is 8. The highest BCUT2D eigenvalue weighted by Gasteiger charge is 2.34. The molecule has 0 aliphatic carbocycles. The van der Waals surface area contributed by atoms with Crippen LogP contribution in [-0.2, 0) is 0 Å². The number of likely N-dealkylation sites (N-methyl/N-ethyl adjacent to an activating group) is 1. The first-order chi connectivity index (χ1) is 18.9. The van der Waals surface area contributed by atoms with Gasteiger partial charge in [0.1, 0.15) is 35.2 Å². The quantitative estimate of drug-likeness (QED) is 0.286. The second-order valence-electron chi connectivity index (χ2n) is 9.99. The van der Waals surface area contributed by atoms with Gasteiger partial charge in [0.15, 0.2) is 5.82 Å². The van der Waals surface area contributed by atoms with Crippen LogP contribution in [-0.4, -0.2) is 76.7 Å². The Morgan fingerprint density at radius 3 is 2.74 bits per heavy atom. The summed E-state index contributed by atoms with van der Waals surface area (Å²) in [5, 5.41) is 16.1. The minimum Gasteiger partial charge on any atom is -0.508 e. The van der Waals surface area contributed by atoms with E-state index in [1.807, 2.05) is 31.3 Å². The van der Waals surface area contributed by atoms with Crippen LogP contribution in [0, 0.1) is 5.82 Å². The standard InChI is InChI=1S/C29H30FN7O2/c1-4-36(3)24(31-2)16-39-29-34-27-23(28(35-29)37-14-18-9-10-19(15-37)33-18)13-32-26(25(27)30)22-12-20(38)11-17-7-5-6-8-21(17)22/h4-8,11-13,18-19,33,38H,1,9-10,14-16H2,2-3H3/b31-24-. The molecule has 2 saturated heterocycles. The first-order valence-electron chi connectivity index (χ1n) is 13.0. The molecule has 200 valence electrons. The molecule has 10 heteroatoms. The summed E-state index contributed by atoms with van der Waals surface area (Å²) < 4.78 is 22.4. The van der Waals surface area contributed by atoms with Crippen LogP contribution in [0.25, 0.3) is 32.9 Å². The maximum absolute atomic E-state index is 16.4. The second kappa shape index (κ2) is 10.1. The number of phenolic OH excluding ortho intramolecular Hbond substituents is 1. The van der Waals surface area contributed by atoms with E-state index in [2.05, 4.69) is 31.8 Å². The van der Waals surface area contributed by atoms with Crippen LogP contribution in [0.4, 0.5) is 10.2 Å². The molecular formula is C29H30FN7O2. The van der Waals surface area contributed by atoms with Gasteiger partial charge < -0.3 is 25.0 Å². The van der Waals surface area contributed by atoms with Crippen molar-refractivity contribution in [1.82, 2.24) is 25.2 Å². The Hall–Kier alpha value is -4.31. The Labute approximate surface area is 225 Å². The third-order valence-corrected chi connectivity index (χ3v) is 7.53. The van der Waals surface area contributed by atoms with Gasteiger partial charge in [-0.05, 0) is 41.9 Å².